The van der Waals surface area contributed by atoms with Crippen molar-refractivity contribution >= 4 is 0 Å². The maximum absolute atomic E-state index is 4.32. The van der Waals surface area contributed by atoms with E-state index in [9.17, 15) is 0 Å². The number of fused-ring (bicyclic) bond motifs is 1. The van der Waals surface area contributed by atoms with Crippen molar-refractivity contribution in [1.29, 1.82) is 0 Å². The first-order valence-electron chi connectivity index (χ1n) is 5.40. The van der Waals surface area contributed by atoms with E-state index in [0.29, 0.717) is 0 Å². The molecule has 3 heteroatoms. The Morgan fingerprint density at radius 3 is 3.29 bits per heavy atom. The van der Waals surface area contributed by atoms with Gasteiger partial charge in [-0.25, -0.2) is 9.97 Å². The normalized spacial score (nSPS) is 16.6. The van der Waals surface area contributed by atoms with Crippen LogP contribution in [0, 0.1) is 0 Å². The average molecular weight is 191 g/mol. The molecule has 0 aromatic carbocycles. The van der Waals surface area contributed by atoms with Gasteiger partial charge in [0.15, 0.2) is 0 Å². The first kappa shape index (κ1) is 9.59. The summed E-state index contributed by atoms with van der Waals surface area (Å²) in [6.07, 6.45) is 7.29. The summed E-state index contributed by atoms with van der Waals surface area (Å²) < 4.78 is 0. The lowest BCUT2D eigenvalue weighted by Crippen LogP contribution is -2.32. The minimum Gasteiger partial charge on any atom is -0.297 e. The molecule has 0 aliphatic carbocycles. The predicted octanol–water partition coefficient (Wildman–Crippen LogP) is 1.63. The van der Waals surface area contributed by atoms with Crippen molar-refractivity contribution in [3.63, 3.8) is 0 Å². The summed E-state index contributed by atoms with van der Waals surface area (Å²) >= 11 is 0. The standard InChI is InChI=1S/C11H17N3/c1-2-3-5-14-6-4-10-7-12-9-13-11(10)8-14/h7,9H,2-6,8H2,1H3. The Balaban J connectivity index is 1.99. The van der Waals surface area contributed by atoms with E-state index < -0.39 is 0 Å². The van der Waals surface area contributed by atoms with Gasteiger partial charge in [-0.3, -0.25) is 4.90 Å². The van der Waals surface area contributed by atoms with Gasteiger partial charge in [0.1, 0.15) is 6.33 Å². The molecule has 0 fully saturated rings. The lowest BCUT2D eigenvalue weighted by molar-refractivity contribution is 0.246. The molecule has 0 atom stereocenters. The zero-order chi connectivity index (χ0) is 9.80. The second-order valence-electron chi connectivity index (χ2n) is 3.87. The Morgan fingerprint density at radius 2 is 2.43 bits per heavy atom. The molecule has 0 saturated carbocycles. The third kappa shape index (κ3) is 2.10. The van der Waals surface area contributed by atoms with Gasteiger partial charge in [0, 0.05) is 19.3 Å². The van der Waals surface area contributed by atoms with Crippen LogP contribution in [-0.4, -0.2) is 28.0 Å². The number of hydrogen-bond donors (Lipinski definition) is 0. The molecule has 3 nitrogen and oxygen atoms in total. The summed E-state index contributed by atoms with van der Waals surface area (Å²) in [5.74, 6) is 0. The molecule has 0 saturated heterocycles. The summed E-state index contributed by atoms with van der Waals surface area (Å²) in [5, 5.41) is 0. The zero-order valence-corrected chi connectivity index (χ0v) is 8.74. The van der Waals surface area contributed by atoms with Crippen LogP contribution in [0.2, 0.25) is 0 Å². The van der Waals surface area contributed by atoms with Crippen molar-refractivity contribution in [2.24, 2.45) is 0 Å². The second kappa shape index (κ2) is 4.51. The van der Waals surface area contributed by atoms with Gasteiger partial charge in [-0.05, 0) is 24.9 Å². The van der Waals surface area contributed by atoms with Crippen LogP contribution < -0.4 is 0 Å². The Morgan fingerprint density at radius 1 is 1.50 bits per heavy atom. The molecule has 0 radical (unpaired) electrons. The number of hydrogen-bond acceptors (Lipinski definition) is 3. The quantitative estimate of drug-likeness (QED) is 0.727. The van der Waals surface area contributed by atoms with E-state index in [4.69, 9.17) is 0 Å². The van der Waals surface area contributed by atoms with Crippen LogP contribution in [0.5, 0.6) is 0 Å². The van der Waals surface area contributed by atoms with Crippen molar-refractivity contribution < 1.29 is 0 Å². The van der Waals surface area contributed by atoms with Gasteiger partial charge in [-0.2, -0.15) is 0 Å². The smallest absolute Gasteiger partial charge is 0.115 e. The molecule has 76 valence electrons. The molecule has 2 rings (SSSR count). The van der Waals surface area contributed by atoms with Crippen LogP contribution in [0.3, 0.4) is 0 Å². The van der Waals surface area contributed by atoms with E-state index in [0.717, 1.165) is 13.0 Å². The molecule has 0 amide bonds. The summed E-state index contributed by atoms with van der Waals surface area (Å²) in [4.78, 5) is 10.9. The molecular formula is C11H17N3. The summed E-state index contributed by atoms with van der Waals surface area (Å²) in [6, 6.07) is 0. The van der Waals surface area contributed by atoms with Crippen LogP contribution in [0.25, 0.3) is 0 Å². The summed E-state index contributed by atoms with van der Waals surface area (Å²) in [6.45, 7) is 5.62. The number of unbranched alkanes of at least 4 members (excludes halogenated alkanes) is 1. The van der Waals surface area contributed by atoms with Crippen LogP contribution in [-0.2, 0) is 13.0 Å². The lowest BCUT2D eigenvalue weighted by atomic mass is 10.1. The lowest BCUT2D eigenvalue weighted by Gasteiger charge is -2.27. The molecule has 0 bridgehead atoms. The first-order valence-corrected chi connectivity index (χ1v) is 5.40. The molecule has 1 aromatic heterocycles. The van der Waals surface area contributed by atoms with Crippen molar-refractivity contribution in [2.75, 3.05) is 13.1 Å². The van der Waals surface area contributed by atoms with Crippen molar-refractivity contribution in [3.8, 4) is 0 Å². The number of rotatable bonds is 3. The second-order valence-corrected chi connectivity index (χ2v) is 3.87. The van der Waals surface area contributed by atoms with Gasteiger partial charge in [0.25, 0.3) is 0 Å². The molecule has 1 aliphatic rings. The maximum Gasteiger partial charge on any atom is 0.115 e. The molecule has 0 N–H and O–H groups in total. The minimum absolute atomic E-state index is 1.01. The maximum atomic E-state index is 4.32. The Hall–Kier alpha value is -0.960. The van der Waals surface area contributed by atoms with Crippen LogP contribution in [0.15, 0.2) is 12.5 Å². The van der Waals surface area contributed by atoms with Gasteiger partial charge >= 0.3 is 0 Å². The molecule has 0 spiro atoms. The van der Waals surface area contributed by atoms with E-state index in [1.165, 1.54) is 37.2 Å². The predicted molar refractivity (Wildman–Crippen MR) is 55.9 cm³/mol. The van der Waals surface area contributed by atoms with E-state index in [1.807, 2.05) is 6.20 Å². The topological polar surface area (TPSA) is 29.0 Å². The Bertz CT molecular complexity index is 298. The van der Waals surface area contributed by atoms with Crippen LogP contribution in [0.1, 0.15) is 31.0 Å². The Labute approximate surface area is 85.2 Å². The molecule has 14 heavy (non-hydrogen) atoms. The molecule has 0 unspecified atom stereocenters. The third-order valence-corrected chi connectivity index (χ3v) is 2.78. The Kier molecular flexibility index (Phi) is 3.09. The van der Waals surface area contributed by atoms with Crippen molar-refractivity contribution in [2.45, 2.75) is 32.7 Å². The fourth-order valence-corrected chi connectivity index (χ4v) is 1.88. The van der Waals surface area contributed by atoms with E-state index in [1.54, 1.807) is 6.33 Å². The molecule has 2 heterocycles. The highest BCUT2D eigenvalue weighted by molar-refractivity contribution is 5.18. The highest BCUT2D eigenvalue weighted by Gasteiger charge is 2.15. The highest BCUT2D eigenvalue weighted by atomic mass is 15.1. The average Bonchev–Trinajstić information content (AvgIpc) is 2.26. The van der Waals surface area contributed by atoms with E-state index >= 15 is 0 Å². The summed E-state index contributed by atoms with van der Waals surface area (Å²) in [7, 11) is 0. The SMILES string of the molecule is CCCCN1CCc2cncnc2C1. The fourth-order valence-electron chi connectivity index (χ4n) is 1.88. The number of nitrogens with zero attached hydrogens (tertiary/aromatic N) is 3. The van der Waals surface area contributed by atoms with E-state index in [2.05, 4.69) is 21.8 Å². The summed E-state index contributed by atoms with van der Waals surface area (Å²) in [5.41, 5.74) is 2.56. The van der Waals surface area contributed by atoms with Crippen molar-refractivity contribution in [1.82, 2.24) is 14.9 Å². The van der Waals surface area contributed by atoms with Gasteiger partial charge in [-0.15, -0.1) is 0 Å². The number of aromatic nitrogens is 2. The third-order valence-electron chi connectivity index (χ3n) is 2.78. The van der Waals surface area contributed by atoms with Gasteiger partial charge in [0.2, 0.25) is 0 Å². The highest BCUT2D eigenvalue weighted by Crippen LogP contribution is 2.15. The van der Waals surface area contributed by atoms with Gasteiger partial charge in [-0.1, -0.05) is 13.3 Å². The largest absolute Gasteiger partial charge is 0.297 e. The van der Waals surface area contributed by atoms with Gasteiger partial charge < -0.3 is 0 Å². The molecule has 1 aromatic rings. The zero-order valence-electron chi connectivity index (χ0n) is 8.74. The van der Waals surface area contributed by atoms with Crippen molar-refractivity contribution in [3.05, 3.63) is 23.8 Å². The minimum atomic E-state index is 1.01. The van der Waals surface area contributed by atoms with Crippen LogP contribution >= 0.6 is 0 Å². The monoisotopic (exact) mass is 191 g/mol. The molecule has 1 aliphatic heterocycles. The van der Waals surface area contributed by atoms with Gasteiger partial charge in [0.05, 0.1) is 5.69 Å². The fraction of sp³-hybridized carbons (Fsp3) is 0.636. The molecular weight excluding hydrogens is 174 g/mol. The van der Waals surface area contributed by atoms with Crippen LogP contribution in [0.4, 0.5) is 0 Å². The van der Waals surface area contributed by atoms with E-state index in [-0.39, 0.29) is 0 Å². The first-order chi connectivity index (χ1) is 6.90.